The van der Waals surface area contributed by atoms with Crippen molar-refractivity contribution in [3.63, 3.8) is 0 Å². The van der Waals surface area contributed by atoms with Crippen LogP contribution in [0.1, 0.15) is 17.2 Å². The van der Waals surface area contributed by atoms with Gasteiger partial charge in [0.1, 0.15) is 6.54 Å². The molecule has 0 bridgehead atoms. The first-order valence-corrected chi connectivity index (χ1v) is 6.91. The summed E-state index contributed by atoms with van der Waals surface area (Å²) < 4.78 is 0. The van der Waals surface area contributed by atoms with Crippen molar-refractivity contribution < 1.29 is 9.59 Å². The quantitative estimate of drug-likeness (QED) is 0.711. The standard InChI is InChI=1S/C15H19N3O2/c1-16(2)15(20)17-9-13-12-6-4-3-5-11(12)7-8-18(13)14(19)10-17/h3-6,13H,7-10H2,1-2H3. The molecule has 5 heteroatoms. The highest BCUT2D eigenvalue weighted by Gasteiger charge is 2.38. The van der Waals surface area contributed by atoms with E-state index in [1.165, 1.54) is 16.0 Å². The largest absolute Gasteiger partial charge is 0.332 e. The Morgan fingerprint density at radius 1 is 1.30 bits per heavy atom. The number of hydrogen-bond acceptors (Lipinski definition) is 2. The summed E-state index contributed by atoms with van der Waals surface area (Å²) in [4.78, 5) is 29.5. The van der Waals surface area contributed by atoms with Gasteiger partial charge >= 0.3 is 6.03 Å². The zero-order chi connectivity index (χ0) is 14.3. The van der Waals surface area contributed by atoms with Crippen LogP contribution in [-0.4, -0.2) is 60.4 Å². The van der Waals surface area contributed by atoms with Crippen LogP contribution in [0, 0.1) is 0 Å². The summed E-state index contributed by atoms with van der Waals surface area (Å²) in [6.07, 6.45) is 0.903. The van der Waals surface area contributed by atoms with E-state index in [1.807, 2.05) is 17.0 Å². The SMILES string of the molecule is CN(C)C(=O)N1CC(=O)N2CCc3ccccc3C2C1. The molecule has 1 fully saturated rings. The predicted molar refractivity (Wildman–Crippen MR) is 75.3 cm³/mol. The number of hydrogen-bond donors (Lipinski definition) is 0. The molecule has 0 aromatic heterocycles. The average Bonchev–Trinajstić information content (AvgIpc) is 2.46. The van der Waals surface area contributed by atoms with E-state index in [9.17, 15) is 9.59 Å². The van der Waals surface area contributed by atoms with E-state index >= 15 is 0 Å². The van der Waals surface area contributed by atoms with Crippen molar-refractivity contribution in [2.24, 2.45) is 0 Å². The van der Waals surface area contributed by atoms with Crippen LogP contribution in [0.15, 0.2) is 24.3 Å². The van der Waals surface area contributed by atoms with Crippen LogP contribution < -0.4 is 0 Å². The van der Waals surface area contributed by atoms with E-state index in [0.29, 0.717) is 6.54 Å². The van der Waals surface area contributed by atoms with E-state index in [1.54, 1.807) is 19.0 Å². The van der Waals surface area contributed by atoms with Crippen LogP contribution in [0.25, 0.3) is 0 Å². The van der Waals surface area contributed by atoms with Crippen LogP contribution in [0.2, 0.25) is 0 Å². The van der Waals surface area contributed by atoms with E-state index in [2.05, 4.69) is 12.1 Å². The summed E-state index contributed by atoms with van der Waals surface area (Å²) >= 11 is 0. The molecule has 0 saturated carbocycles. The Balaban J connectivity index is 1.92. The Kier molecular flexibility index (Phi) is 3.12. The summed E-state index contributed by atoms with van der Waals surface area (Å²) in [5.74, 6) is 0.0472. The van der Waals surface area contributed by atoms with Crippen molar-refractivity contribution in [3.8, 4) is 0 Å². The molecule has 2 heterocycles. The molecule has 5 nitrogen and oxygen atoms in total. The number of fused-ring (bicyclic) bond motifs is 3. The van der Waals surface area contributed by atoms with Crippen molar-refractivity contribution in [3.05, 3.63) is 35.4 Å². The molecular weight excluding hydrogens is 254 g/mol. The van der Waals surface area contributed by atoms with Gasteiger partial charge in [-0.25, -0.2) is 4.79 Å². The lowest BCUT2D eigenvalue weighted by atomic mass is 9.91. The Labute approximate surface area is 118 Å². The third kappa shape index (κ3) is 2.03. The van der Waals surface area contributed by atoms with Gasteiger partial charge in [-0.3, -0.25) is 4.79 Å². The predicted octanol–water partition coefficient (Wildman–Crippen LogP) is 1.11. The highest BCUT2D eigenvalue weighted by Crippen LogP contribution is 2.33. The second-order valence-corrected chi connectivity index (χ2v) is 5.61. The molecule has 2 aliphatic rings. The van der Waals surface area contributed by atoms with Crippen molar-refractivity contribution in [2.75, 3.05) is 33.7 Å². The van der Waals surface area contributed by atoms with Gasteiger partial charge in [0.05, 0.1) is 6.04 Å². The Hall–Kier alpha value is -2.04. The van der Waals surface area contributed by atoms with Gasteiger partial charge in [-0.1, -0.05) is 24.3 Å². The smallest absolute Gasteiger partial charge is 0.320 e. The van der Waals surface area contributed by atoms with Crippen LogP contribution in [0.4, 0.5) is 4.79 Å². The fourth-order valence-electron chi connectivity index (χ4n) is 3.10. The lowest BCUT2D eigenvalue weighted by Crippen LogP contribution is -2.57. The number of benzene rings is 1. The lowest BCUT2D eigenvalue weighted by molar-refractivity contribution is -0.139. The molecule has 0 aliphatic carbocycles. The zero-order valence-electron chi connectivity index (χ0n) is 11.9. The molecule has 0 spiro atoms. The lowest BCUT2D eigenvalue weighted by Gasteiger charge is -2.44. The van der Waals surface area contributed by atoms with Gasteiger partial charge in [-0.2, -0.15) is 0 Å². The van der Waals surface area contributed by atoms with Crippen LogP contribution >= 0.6 is 0 Å². The maximum Gasteiger partial charge on any atom is 0.320 e. The molecule has 3 amide bonds. The zero-order valence-corrected chi connectivity index (χ0v) is 11.9. The third-order valence-corrected chi connectivity index (χ3v) is 4.11. The summed E-state index contributed by atoms with van der Waals surface area (Å²) in [5.41, 5.74) is 2.48. The third-order valence-electron chi connectivity index (χ3n) is 4.11. The van der Waals surface area contributed by atoms with E-state index in [0.717, 1.165) is 13.0 Å². The molecule has 106 valence electrons. The second kappa shape index (κ2) is 4.81. The minimum Gasteiger partial charge on any atom is -0.332 e. The number of piperazine rings is 1. The van der Waals surface area contributed by atoms with Gasteiger partial charge in [0.2, 0.25) is 5.91 Å². The molecule has 20 heavy (non-hydrogen) atoms. The number of nitrogens with zero attached hydrogens (tertiary/aromatic N) is 3. The molecular formula is C15H19N3O2. The first-order chi connectivity index (χ1) is 9.58. The van der Waals surface area contributed by atoms with Gasteiger partial charge in [0.25, 0.3) is 0 Å². The minimum absolute atomic E-state index is 0.00472. The maximum absolute atomic E-state index is 12.3. The highest BCUT2D eigenvalue weighted by atomic mass is 16.2. The fraction of sp³-hybridized carbons (Fsp3) is 0.467. The van der Waals surface area contributed by atoms with Gasteiger partial charge in [-0.15, -0.1) is 0 Å². The number of carbonyl (C=O) groups excluding carboxylic acids is 2. The van der Waals surface area contributed by atoms with Gasteiger partial charge in [0, 0.05) is 27.2 Å². The van der Waals surface area contributed by atoms with Crippen LogP contribution in [0.5, 0.6) is 0 Å². The molecule has 1 aromatic carbocycles. The Morgan fingerprint density at radius 2 is 2.05 bits per heavy atom. The topological polar surface area (TPSA) is 43.9 Å². The monoisotopic (exact) mass is 273 g/mol. The van der Waals surface area contributed by atoms with Gasteiger partial charge in [-0.05, 0) is 17.5 Å². The van der Waals surface area contributed by atoms with Crippen molar-refractivity contribution in [1.29, 1.82) is 0 Å². The van der Waals surface area contributed by atoms with E-state index < -0.39 is 0 Å². The summed E-state index contributed by atoms with van der Waals surface area (Å²) in [6, 6.07) is 8.13. The molecule has 3 rings (SSSR count). The minimum atomic E-state index is -0.0962. The molecule has 2 aliphatic heterocycles. The Morgan fingerprint density at radius 3 is 2.80 bits per heavy atom. The number of amides is 3. The summed E-state index contributed by atoms with van der Waals surface area (Å²) in [7, 11) is 3.43. The molecule has 0 N–H and O–H groups in total. The van der Waals surface area contributed by atoms with Crippen LogP contribution in [-0.2, 0) is 11.2 Å². The molecule has 1 saturated heterocycles. The Bertz CT molecular complexity index is 556. The fourth-order valence-corrected chi connectivity index (χ4v) is 3.10. The second-order valence-electron chi connectivity index (χ2n) is 5.61. The van der Waals surface area contributed by atoms with E-state index in [-0.39, 0.29) is 24.5 Å². The van der Waals surface area contributed by atoms with Crippen LogP contribution in [0.3, 0.4) is 0 Å². The highest BCUT2D eigenvalue weighted by molar-refractivity contribution is 5.86. The first-order valence-electron chi connectivity index (χ1n) is 6.91. The van der Waals surface area contributed by atoms with Crippen molar-refractivity contribution in [2.45, 2.75) is 12.5 Å². The van der Waals surface area contributed by atoms with Crippen molar-refractivity contribution in [1.82, 2.24) is 14.7 Å². The normalized spacial score (nSPS) is 21.3. The van der Waals surface area contributed by atoms with Gasteiger partial charge < -0.3 is 14.7 Å². The number of urea groups is 1. The molecule has 0 radical (unpaired) electrons. The molecule has 1 aromatic rings. The molecule has 1 unspecified atom stereocenters. The van der Waals surface area contributed by atoms with E-state index in [4.69, 9.17) is 0 Å². The summed E-state index contributed by atoms with van der Waals surface area (Å²) in [6.45, 7) is 1.53. The average molecular weight is 273 g/mol. The maximum atomic E-state index is 12.3. The number of carbonyl (C=O) groups is 2. The number of rotatable bonds is 0. The summed E-state index contributed by atoms with van der Waals surface area (Å²) in [5, 5.41) is 0. The first kappa shape index (κ1) is 13.0. The van der Waals surface area contributed by atoms with Gasteiger partial charge in [0.15, 0.2) is 0 Å². The molecule has 1 atom stereocenters. The van der Waals surface area contributed by atoms with Crippen molar-refractivity contribution >= 4 is 11.9 Å².